The number of phenols is 1. The van der Waals surface area contributed by atoms with Gasteiger partial charge >= 0.3 is 0 Å². The van der Waals surface area contributed by atoms with Crippen LogP contribution in [-0.2, 0) is 10.8 Å². The van der Waals surface area contributed by atoms with Gasteiger partial charge in [-0.1, -0.05) is 67.4 Å². The highest BCUT2D eigenvalue weighted by Crippen LogP contribution is 2.37. The zero-order chi connectivity index (χ0) is 17.8. The summed E-state index contributed by atoms with van der Waals surface area (Å²) in [4.78, 5) is 12.5. The molecule has 3 nitrogen and oxygen atoms in total. The third-order valence-electron chi connectivity index (χ3n) is 4.09. The Morgan fingerprint density at radius 3 is 2.13 bits per heavy atom. The quantitative estimate of drug-likeness (QED) is 0.758. The van der Waals surface area contributed by atoms with E-state index in [1.807, 2.05) is 12.1 Å². The molecule has 0 bridgehead atoms. The molecule has 0 spiro atoms. The van der Waals surface area contributed by atoms with Crippen molar-refractivity contribution in [1.82, 2.24) is 5.32 Å². The molecule has 2 N–H and O–H groups in total. The zero-order valence-electron chi connectivity index (χ0n) is 15.8. The maximum atomic E-state index is 12.5. The van der Waals surface area contributed by atoms with E-state index >= 15 is 0 Å². The molecular formula is C20H33NO2. The van der Waals surface area contributed by atoms with E-state index in [-0.39, 0.29) is 22.5 Å². The van der Waals surface area contributed by atoms with Crippen molar-refractivity contribution in [3.63, 3.8) is 0 Å². The van der Waals surface area contributed by atoms with Crippen LogP contribution in [0, 0.1) is 0 Å². The summed E-state index contributed by atoms with van der Waals surface area (Å²) in [6.07, 6.45) is 3.18. The predicted octanol–water partition coefficient (Wildman–Crippen LogP) is 4.91. The maximum Gasteiger partial charge on any atom is 0.255 e. The van der Waals surface area contributed by atoms with Gasteiger partial charge < -0.3 is 10.4 Å². The number of amides is 1. The van der Waals surface area contributed by atoms with Crippen LogP contribution in [0.5, 0.6) is 5.75 Å². The lowest BCUT2D eigenvalue weighted by Crippen LogP contribution is -2.26. The molecule has 3 heteroatoms. The van der Waals surface area contributed by atoms with Crippen molar-refractivity contribution in [2.75, 3.05) is 6.54 Å². The zero-order valence-corrected chi connectivity index (χ0v) is 15.8. The monoisotopic (exact) mass is 319 g/mol. The van der Waals surface area contributed by atoms with Crippen molar-refractivity contribution in [3.8, 4) is 5.75 Å². The summed E-state index contributed by atoms with van der Waals surface area (Å²) in [6, 6.07) is 3.86. The SMILES string of the molecule is CCCCCNC(=O)c1cc(C(C)(C)C)cc(C(C)(C)C)c1O. The Hall–Kier alpha value is -1.51. The third kappa shape index (κ3) is 5.26. The lowest BCUT2D eigenvalue weighted by atomic mass is 9.79. The highest BCUT2D eigenvalue weighted by atomic mass is 16.3. The topological polar surface area (TPSA) is 49.3 Å². The molecule has 1 aromatic rings. The Bertz CT molecular complexity index is 548. The summed E-state index contributed by atoms with van der Waals surface area (Å²) >= 11 is 0. The molecule has 0 unspecified atom stereocenters. The predicted molar refractivity (Wildman–Crippen MR) is 97.4 cm³/mol. The number of aromatic hydroxyl groups is 1. The van der Waals surface area contributed by atoms with Crippen LogP contribution >= 0.6 is 0 Å². The van der Waals surface area contributed by atoms with Gasteiger partial charge in [-0.3, -0.25) is 4.79 Å². The summed E-state index contributed by atoms with van der Waals surface area (Å²) in [5.74, 6) is -0.0753. The standard InChI is InChI=1S/C20H33NO2/c1-8-9-10-11-21-18(23)15-12-14(19(2,3)4)13-16(17(15)22)20(5,6)7/h12-13,22H,8-11H2,1-7H3,(H,21,23). The minimum absolute atomic E-state index is 0.0784. The number of benzene rings is 1. The first-order chi connectivity index (χ1) is 10.5. The average Bonchev–Trinajstić information content (AvgIpc) is 2.41. The van der Waals surface area contributed by atoms with Gasteiger partial charge in [-0.15, -0.1) is 0 Å². The Morgan fingerprint density at radius 2 is 1.65 bits per heavy atom. The van der Waals surface area contributed by atoms with E-state index in [1.165, 1.54) is 0 Å². The summed E-state index contributed by atoms with van der Waals surface area (Å²) < 4.78 is 0. The largest absolute Gasteiger partial charge is 0.507 e. The molecule has 0 aliphatic carbocycles. The summed E-state index contributed by atoms with van der Waals surface area (Å²) in [5.41, 5.74) is 1.98. The number of rotatable bonds is 5. The number of hydrogen-bond donors (Lipinski definition) is 2. The Labute approximate surface area is 141 Å². The van der Waals surface area contributed by atoms with Crippen LogP contribution in [0.3, 0.4) is 0 Å². The molecule has 0 saturated heterocycles. The number of unbranched alkanes of at least 4 members (excludes halogenated alkanes) is 2. The molecule has 1 aromatic carbocycles. The highest BCUT2D eigenvalue weighted by molar-refractivity contribution is 5.97. The van der Waals surface area contributed by atoms with Crippen molar-refractivity contribution in [1.29, 1.82) is 0 Å². The van der Waals surface area contributed by atoms with Gasteiger partial charge in [0.05, 0.1) is 5.56 Å². The highest BCUT2D eigenvalue weighted by Gasteiger charge is 2.26. The number of phenolic OH excluding ortho intramolecular Hbond substituents is 1. The molecule has 0 radical (unpaired) electrons. The molecule has 0 aromatic heterocycles. The van der Waals surface area contributed by atoms with Crippen LogP contribution in [-0.4, -0.2) is 17.6 Å². The van der Waals surface area contributed by atoms with Crippen molar-refractivity contribution in [3.05, 3.63) is 28.8 Å². The fraction of sp³-hybridized carbons (Fsp3) is 0.650. The van der Waals surface area contributed by atoms with Gasteiger partial charge in [0, 0.05) is 12.1 Å². The second-order valence-electron chi connectivity index (χ2n) is 8.38. The normalized spacial score (nSPS) is 12.3. The third-order valence-corrected chi connectivity index (χ3v) is 4.09. The summed E-state index contributed by atoms with van der Waals surface area (Å²) in [6.45, 7) is 15.3. The first-order valence-corrected chi connectivity index (χ1v) is 8.64. The minimum atomic E-state index is -0.220. The van der Waals surface area contributed by atoms with Crippen LogP contribution in [0.4, 0.5) is 0 Å². The minimum Gasteiger partial charge on any atom is -0.507 e. The molecule has 1 amide bonds. The van der Waals surface area contributed by atoms with Gasteiger partial charge in [-0.05, 0) is 28.9 Å². The van der Waals surface area contributed by atoms with Crippen molar-refractivity contribution >= 4 is 5.91 Å². The number of carbonyl (C=O) groups is 1. The van der Waals surface area contributed by atoms with Gasteiger partial charge in [0.25, 0.3) is 5.91 Å². The first-order valence-electron chi connectivity index (χ1n) is 8.64. The van der Waals surface area contributed by atoms with Crippen LogP contribution in [0.15, 0.2) is 12.1 Å². The van der Waals surface area contributed by atoms with E-state index < -0.39 is 0 Å². The molecule has 0 fully saturated rings. The van der Waals surface area contributed by atoms with Crippen LogP contribution in [0.25, 0.3) is 0 Å². The lowest BCUT2D eigenvalue weighted by Gasteiger charge is -2.27. The molecule has 23 heavy (non-hydrogen) atoms. The molecule has 1 rings (SSSR count). The number of hydrogen-bond acceptors (Lipinski definition) is 2. The Kier molecular flexibility index (Phi) is 6.26. The van der Waals surface area contributed by atoms with Crippen LogP contribution < -0.4 is 5.32 Å². The molecule has 0 saturated carbocycles. The summed E-state index contributed by atoms with van der Waals surface area (Å²) in [7, 11) is 0. The van der Waals surface area contributed by atoms with E-state index in [0.29, 0.717) is 12.1 Å². The molecule has 0 atom stereocenters. The molecule has 130 valence electrons. The van der Waals surface area contributed by atoms with E-state index in [2.05, 4.69) is 53.8 Å². The van der Waals surface area contributed by atoms with E-state index in [9.17, 15) is 9.90 Å². The van der Waals surface area contributed by atoms with E-state index in [1.54, 1.807) is 0 Å². The fourth-order valence-corrected chi connectivity index (χ4v) is 2.48. The Morgan fingerprint density at radius 1 is 1.04 bits per heavy atom. The van der Waals surface area contributed by atoms with Gasteiger partial charge in [0.1, 0.15) is 5.75 Å². The first kappa shape index (κ1) is 19.5. The number of carbonyl (C=O) groups excluding carboxylic acids is 1. The molecular weight excluding hydrogens is 286 g/mol. The second kappa shape index (κ2) is 7.37. The molecule has 0 heterocycles. The number of nitrogens with one attached hydrogen (secondary N) is 1. The van der Waals surface area contributed by atoms with Crippen molar-refractivity contribution in [2.45, 2.75) is 78.6 Å². The smallest absolute Gasteiger partial charge is 0.255 e. The van der Waals surface area contributed by atoms with Crippen molar-refractivity contribution in [2.24, 2.45) is 0 Å². The Balaban J connectivity index is 3.22. The van der Waals surface area contributed by atoms with Gasteiger partial charge in [-0.2, -0.15) is 0 Å². The van der Waals surface area contributed by atoms with E-state index in [4.69, 9.17) is 0 Å². The van der Waals surface area contributed by atoms with E-state index in [0.717, 1.165) is 30.4 Å². The van der Waals surface area contributed by atoms with Gasteiger partial charge in [0.15, 0.2) is 0 Å². The van der Waals surface area contributed by atoms with Crippen molar-refractivity contribution < 1.29 is 9.90 Å². The van der Waals surface area contributed by atoms with Gasteiger partial charge in [-0.25, -0.2) is 0 Å². The molecule has 0 aliphatic heterocycles. The molecule has 0 aliphatic rings. The van der Waals surface area contributed by atoms with Crippen LogP contribution in [0.1, 0.15) is 89.2 Å². The lowest BCUT2D eigenvalue weighted by molar-refractivity contribution is 0.0950. The average molecular weight is 319 g/mol. The maximum absolute atomic E-state index is 12.5. The fourth-order valence-electron chi connectivity index (χ4n) is 2.48. The summed E-state index contributed by atoms with van der Waals surface area (Å²) in [5, 5.41) is 13.6. The van der Waals surface area contributed by atoms with Gasteiger partial charge in [0.2, 0.25) is 0 Å². The second-order valence-corrected chi connectivity index (χ2v) is 8.38. The van der Waals surface area contributed by atoms with Crippen LogP contribution in [0.2, 0.25) is 0 Å².